The molecule has 0 bridgehead atoms. The van der Waals surface area contributed by atoms with Crippen LogP contribution in [0.5, 0.6) is 5.75 Å². The average Bonchev–Trinajstić information content (AvgIpc) is 3.67. The number of hydrogen-bond acceptors (Lipinski definition) is 10. The highest BCUT2D eigenvalue weighted by atomic mass is 16.6. The van der Waals surface area contributed by atoms with Crippen molar-refractivity contribution in [2.75, 3.05) is 40.0 Å². The molecule has 1 fully saturated rings. The summed E-state index contributed by atoms with van der Waals surface area (Å²) < 4.78 is 33.7. The lowest BCUT2D eigenvalue weighted by molar-refractivity contribution is -0.147. The summed E-state index contributed by atoms with van der Waals surface area (Å²) in [6.07, 6.45) is 0.655. The van der Waals surface area contributed by atoms with E-state index in [1.54, 1.807) is 66.0 Å². The number of carbonyl (C=O) groups excluding carboxylic acids is 4. The van der Waals surface area contributed by atoms with Crippen molar-refractivity contribution in [1.29, 1.82) is 0 Å². The number of hydrogen-bond donors (Lipinski definition) is 1. The molecule has 2 atom stereocenters. The number of nitrogens with one attached hydrogen (secondary N) is 1. The Bertz CT molecular complexity index is 1830. The zero-order valence-corrected chi connectivity index (χ0v) is 33.8. The van der Waals surface area contributed by atoms with Gasteiger partial charge in [-0.3, -0.25) is 4.90 Å². The van der Waals surface area contributed by atoms with Crippen LogP contribution in [0.1, 0.15) is 76.5 Å². The van der Waals surface area contributed by atoms with Crippen LogP contribution in [0.2, 0.25) is 0 Å². The zero-order chi connectivity index (χ0) is 41.2. The number of rotatable bonds is 16. The number of methoxy groups -OCH3 is 1. The third-order valence-corrected chi connectivity index (χ3v) is 9.81. The molecule has 13 nitrogen and oxygen atoms in total. The molecule has 1 N–H and O–H groups in total. The summed E-state index contributed by atoms with van der Waals surface area (Å²) in [7, 11) is 1.57. The van der Waals surface area contributed by atoms with Gasteiger partial charge in [0.2, 0.25) is 0 Å². The summed E-state index contributed by atoms with van der Waals surface area (Å²) in [5, 5.41) is 2.75. The number of fused-ring (bicyclic) bond motifs is 3. The van der Waals surface area contributed by atoms with Crippen molar-refractivity contribution in [2.24, 2.45) is 0 Å². The molecule has 13 heteroatoms. The number of unbranched alkanes of at least 4 members (excludes halogenated alkanes) is 1. The molecule has 3 aromatic carbocycles. The first-order chi connectivity index (χ1) is 27.2. The van der Waals surface area contributed by atoms with E-state index < -0.39 is 47.7 Å². The second-order valence-electron chi connectivity index (χ2n) is 15.5. The molecule has 57 heavy (non-hydrogen) atoms. The van der Waals surface area contributed by atoms with Gasteiger partial charge in [0.15, 0.2) is 0 Å². The zero-order valence-electron chi connectivity index (χ0n) is 33.8. The van der Waals surface area contributed by atoms with Crippen molar-refractivity contribution in [2.45, 2.75) is 89.8 Å². The number of amides is 3. The minimum atomic E-state index is -1.03. The summed E-state index contributed by atoms with van der Waals surface area (Å²) in [5.41, 5.74) is 3.36. The predicted molar refractivity (Wildman–Crippen MR) is 214 cm³/mol. The molecule has 3 amide bonds. The first-order valence-corrected chi connectivity index (χ1v) is 19.3. The van der Waals surface area contributed by atoms with Gasteiger partial charge in [-0.05, 0) is 93.8 Å². The Morgan fingerprint density at radius 2 is 1.60 bits per heavy atom. The van der Waals surface area contributed by atoms with E-state index in [1.807, 2.05) is 36.4 Å². The second-order valence-corrected chi connectivity index (χ2v) is 15.5. The summed E-state index contributed by atoms with van der Waals surface area (Å²) in [6.45, 7) is 13.1. The Kier molecular flexibility index (Phi) is 14.2. The molecular weight excluding hydrogens is 730 g/mol. The SMILES string of the molecule is C=CCOC(=O)N1[C@@H](CN(CCCC[C@H](NC(=O)OCC2c3ccccc3-c3ccccc32)C(=O)OCc2ccc(OC)cc2)C(=O)OC(C)(C)C)COC1(C)C. The molecule has 2 aliphatic rings. The van der Waals surface area contributed by atoms with Crippen LogP contribution in [0.4, 0.5) is 14.4 Å². The summed E-state index contributed by atoms with van der Waals surface area (Å²) >= 11 is 0. The number of alkyl carbamates (subject to hydrolysis) is 1. The molecule has 0 radical (unpaired) electrons. The van der Waals surface area contributed by atoms with E-state index in [0.717, 1.165) is 27.8 Å². The van der Waals surface area contributed by atoms with E-state index in [-0.39, 0.29) is 51.9 Å². The van der Waals surface area contributed by atoms with E-state index in [4.69, 9.17) is 28.4 Å². The highest BCUT2D eigenvalue weighted by Crippen LogP contribution is 2.44. The summed E-state index contributed by atoms with van der Waals surface area (Å²) in [5.74, 6) is -0.106. The Morgan fingerprint density at radius 1 is 0.947 bits per heavy atom. The van der Waals surface area contributed by atoms with Crippen LogP contribution < -0.4 is 10.1 Å². The number of nitrogens with zero attached hydrogens (tertiary/aromatic N) is 2. The highest BCUT2D eigenvalue weighted by Gasteiger charge is 2.46. The second kappa shape index (κ2) is 19.1. The molecule has 1 heterocycles. The van der Waals surface area contributed by atoms with Gasteiger partial charge in [-0.25, -0.2) is 19.2 Å². The fourth-order valence-electron chi connectivity index (χ4n) is 7.08. The smallest absolute Gasteiger partial charge is 0.412 e. The van der Waals surface area contributed by atoms with Gasteiger partial charge < -0.3 is 38.6 Å². The monoisotopic (exact) mass is 785 g/mol. The topological polar surface area (TPSA) is 142 Å². The van der Waals surface area contributed by atoms with Crippen molar-refractivity contribution in [1.82, 2.24) is 15.1 Å². The maximum absolute atomic E-state index is 13.6. The molecule has 3 aromatic rings. The predicted octanol–water partition coefficient (Wildman–Crippen LogP) is 7.81. The Labute approximate surface area is 335 Å². The lowest BCUT2D eigenvalue weighted by Crippen LogP contribution is -2.53. The van der Waals surface area contributed by atoms with Gasteiger partial charge >= 0.3 is 24.2 Å². The summed E-state index contributed by atoms with van der Waals surface area (Å²) in [6, 6.07) is 21.7. The van der Waals surface area contributed by atoms with E-state index in [9.17, 15) is 19.2 Å². The van der Waals surface area contributed by atoms with Gasteiger partial charge in [0.25, 0.3) is 0 Å². The first kappa shape index (κ1) is 42.6. The molecule has 5 rings (SSSR count). The van der Waals surface area contributed by atoms with Crippen LogP contribution in [0.15, 0.2) is 85.5 Å². The lowest BCUT2D eigenvalue weighted by Gasteiger charge is -2.35. The van der Waals surface area contributed by atoms with Crippen LogP contribution in [0.25, 0.3) is 11.1 Å². The van der Waals surface area contributed by atoms with Crippen LogP contribution in [0.3, 0.4) is 0 Å². The molecule has 1 aliphatic heterocycles. The van der Waals surface area contributed by atoms with E-state index >= 15 is 0 Å². The van der Waals surface area contributed by atoms with Crippen molar-refractivity contribution < 1.29 is 47.6 Å². The molecule has 0 aromatic heterocycles. The first-order valence-electron chi connectivity index (χ1n) is 19.3. The van der Waals surface area contributed by atoms with Gasteiger partial charge in [0.05, 0.1) is 19.8 Å². The number of benzene rings is 3. The third-order valence-electron chi connectivity index (χ3n) is 9.81. The maximum Gasteiger partial charge on any atom is 0.412 e. The van der Waals surface area contributed by atoms with Gasteiger partial charge in [0, 0.05) is 19.0 Å². The molecule has 0 spiro atoms. The van der Waals surface area contributed by atoms with E-state index in [2.05, 4.69) is 24.0 Å². The van der Waals surface area contributed by atoms with Crippen LogP contribution in [-0.2, 0) is 35.1 Å². The van der Waals surface area contributed by atoms with Crippen LogP contribution in [0, 0.1) is 0 Å². The van der Waals surface area contributed by atoms with E-state index in [1.165, 1.54) is 15.9 Å². The molecular formula is C44H55N3O10. The van der Waals surface area contributed by atoms with Gasteiger partial charge in [-0.1, -0.05) is 73.3 Å². The van der Waals surface area contributed by atoms with Crippen molar-refractivity contribution in [3.63, 3.8) is 0 Å². The molecule has 0 saturated carbocycles. The molecule has 306 valence electrons. The third kappa shape index (κ3) is 11.3. The fourth-order valence-corrected chi connectivity index (χ4v) is 7.08. The number of carbonyl (C=O) groups is 4. The minimum Gasteiger partial charge on any atom is -0.497 e. The quantitative estimate of drug-likeness (QED) is 0.0662. The van der Waals surface area contributed by atoms with Gasteiger partial charge in [0.1, 0.15) is 42.9 Å². The average molecular weight is 786 g/mol. The lowest BCUT2D eigenvalue weighted by atomic mass is 9.98. The molecule has 1 saturated heterocycles. The van der Waals surface area contributed by atoms with Crippen molar-refractivity contribution >= 4 is 24.2 Å². The normalized spacial score (nSPS) is 16.1. The summed E-state index contributed by atoms with van der Waals surface area (Å²) in [4.78, 5) is 56.5. The Hall–Kier alpha value is -5.56. The van der Waals surface area contributed by atoms with Crippen LogP contribution in [-0.4, -0.2) is 97.5 Å². The maximum atomic E-state index is 13.6. The minimum absolute atomic E-state index is 0.0103. The van der Waals surface area contributed by atoms with Crippen LogP contribution >= 0.6 is 0 Å². The molecule has 0 unspecified atom stereocenters. The van der Waals surface area contributed by atoms with Gasteiger partial charge in [-0.2, -0.15) is 0 Å². The van der Waals surface area contributed by atoms with E-state index in [0.29, 0.717) is 18.6 Å². The number of ether oxygens (including phenoxy) is 6. The highest BCUT2D eigenvalue weighted by molar-refractivity contribution is 5.82. The largest absolute Gasteiger partial charge is 0.497 e. The Morgan fingerprint density at radius 3 is 2.21 bits per heavy atom. The fraction of sp³-hybridized carbons (Fsp3) is 0.455. The Balaban J connectivity index is 1.25. The van der Waals surface area contributed by atoms with Gasteiger partial charge in [-0.15, -0.1) is 0 Å². The molecule has 1 aliphatic carbocycles. The van der Waals surface area contributed by atoms with Crippen molar-refractivity contribution in [3.8, 4) is 16.9 Å². The standard InChI is InChI=1S/C44H55N3O10/c1-8-25-53-42(51)47-31(28-56-44(47,5)6)26-46(41(50)57-43(2,3)4)24-14-13-19-38(39(48)54-27-30-20-22-32(52-7)23-21-30)45-40(49)55-29-37-35-17-11-9-15-33(35)34-16-10-12-18-36(34)37/h8-12,15-18,20-23,31,37-38H,1,13-14,19,24-29H2,2-7H3,(H,45,49)/t31-,38-/m0/s1. The van der Waals surface area contributed by atoms with Crippen molar-refractivity contribution in [3.05, 3.63) is 102 Å². The number of esters is 1.